The molecule has 0 aliphatic carbocycles. The lowest BCUT2D eigenvalue weighted by molar-refractivity contribution is 0.0631. The zero-order valence-corrected chi connectivity index (χ0v) is 16.8. The van der Waals surface area contributed by atoms with E-state index in [2.05, 4.69) is 41.0 Å². The van der Waals surface area contributed by atoms with Crippen LogP contribution >= 0.6 is 0 Å². The van der Waals surface area contributed by atoms with Crippen LogP contribution < -0.4 is 4.74 Å². The molecular formula is C23H32N2O3. The van der Waals surface area contributed by atoms with E-state index in [-0.39, 0.29) is 13.2 Å². The Hall–Kier alpha value is -1.92. The van der Waals surface area contributed by atoms with Crippen molar-refractivity contribution in [2.45, 2.75) is 32.5 Å². The Balaban J connectivity index is 1.51. The van der Waals surface area contributed by atoms with E-state index in [1.54, 1.807) is 0 Å². The number of fused-ring (bicyclic) bond motifs is 1. The average molecular weight is 385 g/mol. The second-order valence-electron chi connectivity index (χ2n) is 7.42. The molecule has 28 heavy (non-hydrogen) atoms. The van der Waals surface area contributed by atoms with Gasteiger partial charge in [-0.1, -0.05) is 49.4 Å². The molecule has 1 aliphatic rings. The third-order valence-electron chi connectivity index (χ3n) is 5.34. The van der Waals surface area contributed by atoms with E-state index in [1.165, 1.54) is 11.1 Å². The summed E-state index contributed by atoms with van der Waals surface area (Å²) in [4.78, 5) is 4.46. The molecule has 0 unspecified atom stereocenters. The Bertz CT molecular complexity index is 737. The molecule has 0 spiro atoms. The molecule has 5 nitrogen and oxygen atoms in total. The first-order valence-corrected chi connectivity index (χ1v) is 10.2. The molecule has 152 valence electrons. The molecule has 2 aromatic rings. The van der Waals surface area contributed by atoms with E-state index in [0.717, 1.165) is 43.9 Å². The van der Waals surface area contributed by atoms with Gasteiger partial charge in [0.2, 0.25) is 0 Å². The number of aliphatic hydroxyl groups excluding tert-OH is 2. The van der Waals surface area contributed by atoms with Gasteiger partial charge in [-0.15, -0.1) is 0 Å². The minimum atomic E-state index is -0.530. The first kappa shape index (κ1) is 20.8. The van der Waals surface area contributed by atoms with Gasteiger partial charge in [0, 0.05) is 38.3 Å². The maximum Gasteiger partial charge on any atom is 0.123 e. The van der Waals surface area contributed by atoms with Gasteiger partial charge in [-0.05, 0) is 30.2 Å². The predicted octanol–water partition coefficient (Wildman–Crippen LogP) is 2.30. The van der Waals surface area contributed by atoms with Gasteiger partial charge in [0.15, 0.2) is 0 Å². The van der Waals surface area contributed by atoms with Crippen molar-refractivity contribution < 1.29 is 14.9 Å². The average Bonchev–Trinajstić information content (AvgIpc) is 2.72. The van der Waals surface area contributed by atoms with Crippen LogP contribution in [0.25, 0.3) is 0 Å². The molecule has 5 heteroatoms. The number of aliphatic hydroxyl groups is 2. The molecule has 0 aromatic heterocycles. The minimum Gasteiger partial charge on any atom is -0.491 e. The summed E-state index contributed by atoms with van der Waals surface area (Å²) in [5, 5.41) is 19.7. The second-order valence-corrected chi connectivity index (χ2v) is 7.42. The van der Waals surface area contributed by atoms with E-state index in [4.69, 9.17) is 4.74 Å². The monoisotopic (exact) mass is 384 g/mol. The summed E-state index contributed by atoms with van der Waals surface area (Å²) in [6.07, 6.45) is 0.502. The molecule has 1 atom stereocenters. The molecular weight excluding hydrogens is 352 g/mol. The van der Waals surface area contributed by atoms with Crippen molar-refractivity contribution >= 4 is 0 Å². The van der Waals surface area contributed by atoms with Gasteiger partial charge in [-0.3, -0.25) is 9.80 Å². The van der Waals surface area contributed by atoms with Crippen LogP contribution in [0.5, 0.6) is 5.75 Å². The van der Waals surface area contributed by atoms with Crippen LogP contribution in [0, 0.1) is 0 Å². The van der Waals surface area contributed by atoms with Crippen LogP contribution in [0.1, 0.15) is 23.6 Å². The zero-order valence-electron chi connectivity index (χ0n) is 16.8. The van der Waals surface area contributed by atoms with Crippen molar-refractivity contribution in [3.63, 3.8) is 0 Å². The highest BCUT2D eigenvalue weighted by Gasteiger charge is 2.19. The van der Waals surface area contributed by atoms with E-state index in [0.29, 0.717) is 13.1 Å². The highest BCUT2D eigenvalue weighted by molar-refractivity contribution is 5.33. The van der Waals surface area contributed by atoms with Crippen LogP contribution in [0.2, 0.25) is 0 Å². The fourth-order valence-electron chi connectivity index (χ4n) is 3.75. The van der Waals surface area contributed by atoms with Gasteiger partial charge in [-0.2, -0.15) is 0 Å². The van der Waals surface area contributed by atoms with Gasteiger partial charge < -0.3 is 14.9 Å². The number of rotatable bonds is 10. The lowest BCUT2D eigenvalue weighted by Gasteiger charge is -2.30. The van der Waals surface area contributed by atoms with Crippen LogP contribution in [-0.4, -0.2) is 65.5 Å². The molecule has 2 aromatic carbocycles. The lowest BCUT2D eigenvalue weighted by Crippen LogP contribution is -2.38. The SMILES string of the molecule is CCN(CCO)Cc1ccccc1OC[C@H](O)CN1CCc2ccccc2C1. The third kappa shape index (κ3) is 5.79. The summed E-state index contributed by atoms with van der Waals surface area (Å²) < 4.78 is 5.97. The van der Waals surface area contributed by atoms with Crippen molar-refractivity contribution in [2.24, 2.45) is 0 Å². The summed E-state index contributed by atoms with van der Waals surface area (Å²) in [5.41, 5.74) is 3.86. The maximum atomic E-state index is 10.5. The van der Waals surface area contributed by atoms with Crippen molar-refractivity contribution in [3.8, 4) is 5.75 Å². The first-order chi connectivity index (χ1) is 13.7. The molecule has 0 saturated carbocycles. The standard InChI is InChI=1S/C23H32N2O3/c1-2-24(13-14-26)16-21-9-5-6-10-23(21)28-18-22(27)17-25-12-11-19-7-3-4-8-20(19)15-25/h3-10,22,26-27H,2,11-18H2,1H3/t22-/m1/s1. The van der Waals surface area contributed by atoms with Crippen LogP contribution in [0.15, 0.2) is 48.5 Å². The molecule has 2 N–H and O–H groups in total. The van der Waals surface area contributed by atoms with Crippen molar-refractivity contribution in [2.75, 3.05) is 39.4 Å². The number of para-hydroxylation sites is 1. The number of benzene rings is 2. The van der Waals surface area contributed by atoms with Gasteiger partial charge in [-0.25, -0.2) is 0 Å². The number of β-amino-alcohol motifs (C(OH)–C–C–N with tert-alkyl or cyclic N) is 1. The number of nitrogens with zero attached hydrogens (tertiary/aromatic N) is 2. The number of likely N-dealkylation sites (N-methyl/N-ethyl adjacent to an activating group) is 1. The Morgan fingerprint density at radius 1 is 1.11 bits per heavy atom. The molecule has 3 rings (SSSR count). The molecule has 0 bridgehead atoms. The van der Waals surface area contributed by atoms with Gasteiger partial charge >= 0.3 is 0 Å². The van der Waals surface area contributed by atoms with Crippen molar-refractivity contribution in [3.05, 3.63) is 65.2 Å². The Kier molecular flexibility index (Phi) is 7.86. The summed E-state index contributed by atoms with van der Waals surface area (Å²) in [6.45, 7) is 7.22. The second kappa shape index (κ2) is 10.6. The number of hydrogen-bond donors (Lipinski definition) is 2. The number of hydrogen-bond acceptors (Lipinski definition) is 5. The van der Waals surface area contributed by atoms with Gasteiger partial charge in [0.05, 0.1) is 6.61 Å². The van der Waals surface area contributed by atoms with Gasteiger partial charge in [0.1, 0.15) is 18.5 Å². The van der Waals surface area contributed by atoms with E-state index < -0.39 is 6.10 Å². The largest absolute Gasteiger partial charge is 0.491 e. The van der Waals surface area contributed by atoms with Crippen LogP contribution in [0.4, 0.5) is 0 Å². The first-order valence-electron chi connectivity index (χ1n) is 10.2. The molecule has 0 radical (unpaired) electrons. The Labute approximate surface area is 168 Å². The Morgan fingerprint density at radius 2 is 1.86 bits per heavy atom. The fraction of sp³-hybridized carbons (Fsp3) is 0.478. The van der Waals surface area contributed by atoms with Crippen molar-refractivity contribution in [1.82, 2.24) is 9.80 Å². The lowest BCUT2D eigenvalue weighted by atomic mass is 10.00. The highest BCUT2D eigenvalue weighted by atomic mass is 16.5. The maximum absolute atomic E-state index is 10.5. The van der Waals surface area contributed by atoms with Crippen LogP contribution in [0.3, 0.4) is 0 Å². The van der Waals surface area contributed by atoms with E-state index >= 15 is 0 Å². The Morgan fingerprint density at radius 3 is 2.64 bits per heavy atom. The third-order valence-corrected chi connectivity index (χ3v) is 5.34. The molecule has 1 aliphatic heterocycles. The summed E-state index contributed by atoms with van der Waals surface area (Å²) >= 11 is 0. The summed E-state index contributed by atoms with van der Waals surface area (Å²) in [7, 11) is 0. The van der Waals surface area contributed by atoms with E-state index in [1.807, 2.05) is 24.3 Å². The number of ether oxygens (including phenoxy) is 1. The summed E-state index contributed by atoms with van der Waals surface area (Å²) in [5.74, 6) is 0.807. The smallest absolute Gasteiger partial charge is 0.123 e. The van der Waals surface area contributed by atoms with E-state index in [9.17, 15) is 10.2 Å². The topological polar surface area (TPSA) is 56.2 Å². The summed E-state index contributed by atoms with van der Waals surface area (Å²) in [6, 6.07) is 16.5. The van der Waals surface area contributed by atoms with Crippen molar-refractivity contribution in [1.29, 1.82) is 0 Å². The fourth-order valence-corrected chi connectivity index (χ4v) is 3.75. The molecule has 1 heterocycles. The van der Waals surface area contributed by atoms with Crippen LogP contribution in [-0.2, 0) is 19.5 Å². The normalized spacial score (nSPS) is 15.4. The molecule has 0 fully saturated rings. The predicted molar refractivity (Wildman–Crippen MR) is 111 cm³/mol. The highest BCUT2D eigenvalue weighted by Crippen LogP contribution is 2.21. The molecule has 0 saturated heterocycles. The zero-order chi connectivity index (χ0) is 19.8. The van der Waals surface area contributed by atoms with Gasteiger partial charge in [0.25, 0.3) is 0 Å². The quantitative estimate of drug-likeness (QED) is 0.658. The molecule has 0 amide bonds. The minimum absolute atomic E-state index is 0.147.